The molecule has 0 aromatic heterocycles. The lowest BCUT2D eigenvalue weighted by Gasteiger charge is -2.40. The van der Waals surface area contributed by atoms with Gasteiger partial charge in [0.2, 0.25) is 0 Å². The third-order valence-electron chi connectivity index (χ3n) is 5.98. The molecule has 4 heteroatoms. The number of hydrogen-bond acceptors (Lipinski definition) is 2. The van der Waals surface area contributed by atoms with Crippen molar-refractivity contribution < 1.29 is 9.90 Å². The summed E-state index contributed by atoms with van der Waals surface area (Å²) in [5.74, 6) is 0. The average molecular weight is 401 g/mol. The van der Waals surface area contributed by atoms with E-state index in [1.54, 1.807) is 4.90 Å². The third kappa shape index (κ3) is 4.10. The molecule has 3 aromatic rings. The second kappa shape index (κ2) is 9.14. The molecule has 3 aromatic carbocycles. The van der Waals surface area contributed by atoms with Crippen LogP contribution >= 0.6 is 0 Å². The summed E-state index contributed by atoms with van der Waals surface area (Å²) in [4.78, 5) is 13.3. The predicted molar refractivity (Wildman–Crippen MR) is 120 cm³/mol. The van der Waals surface area contributed by atoms with Crippen molar-refractivity contribution in [2.24, 2.45) is 0 Å². The van der Waals surface area contributed by atoms with Gasteiger partial charge in [0.25, 0.3) is 0 Å². The molecule has 1 fully saturated rings. The number of nitrogens with one attached hydrogen (secondary N) is 1. The fraction of sp³-hybridized carbons (Fsp3) is 0.269. The van der Waals surface area contributed by atoms with Crippen LogP contribution in [-0.2, 0) is 5.54 Å². The van der Waals surface area contributed by atoms with Crippen LogP contribution in [0.25, 0.3) is 0 Å². The van der Waals surface area contributed by atoms with E-state index in [1.165, 1.54) is 0 Å². The summed E-state index contributed by atoms with van der Waals surface area (Å²) in [6.45, 7) is 1.09. The van der Waals surface area contributed by atoms with Crippen molar-refractivity contribution in [3.05, 3.63) is 108 Å². The van der Waals surface area contributed by atoms with Crippen molar-refractivity contribution >= 4 is 6.09 Å². The molecule has 0 saturated carbocycles. The number of likely N-dealkylation sites (tertiary alicyclic amines) is 1. The Bertz CT molecular complexity index is 848. The summed E-state index contributed by atoms with van der Waals surface area (Å²) in [5, 5.41) is 13.6. The zero-order valence-corrected chi connectivity index (χ0v) is 17.1. The number of carboxylic acid groups (broad SMARTS) is 1. The van der Waals surface area contributed by atoms with E-state index < -0.39 is 11.6 Å². The Labute approximate surface area is 178 Å². The van der Waals surface area contributed by atoms with Gasteiger partial charge in [-0.3, -0.25) is 5.32 Å². The standard InChI is InChI=1S/C26H28N2O2/c29-25(30)28-19-11-10-18-24(20-28)27-26(21-12-4-1-5-13-21,22-14-6-2-7-15-22)23-16-8-3-9-17-23/h1-9,12-17,24,27H,10-11,18-20H2,(H,29,30)/t24-/m0/s1. The van der Waals surface area contributed by atoms with E-state index in [4.69, 9.17) is 0 Å². The molecule has 154 valence electrons. The van der Waals surface area contributed by atoms with Crippen LogP contribution in [0.4, 0.5) is 4.79 Å². The van der Waals surface area contributed by atoms with Gasteiger partial charge in [-0.15, -0.1) is 0 Å². The fourth-order valence-corrected chi connectivity index (χ4v) is 4.55. The van der Waals surface area contributed by atoms with E-state index in [0.717, 1.165) is 36.0 Å². The van der Waals surface area contributed by atoms with Gasteiger partial charge in [0, 0.05) is 19.1 Å². The molecule has 1 aliphatic rings. The lowest BCUT2D eigenvalue weighted by atomic mass is 9.76. The maximum absolute atomic E-state index is 11.7. The van der Waals surface area contributed by atoms with Crippen molar-refractivity contribution in [3.63, 3.8) is 0 Å². The van der Waals surface area contributed by atoms with Gasteiger partial charge in [0.1, 0.15) is 0 Å². The van der Waals surface area contributed by atoms with Gasteiger partial charge < -0.3 is 10.0 Å². The Kier molecular flexibility index (Phi) is 6.15. The summed E-state index contributed by atoms with van der Waals surface area (Å²) in [5.41, 5.74) is 2.87. The topological polar surface area (TPSA) is 52.6 Å². The molecule has 1 atom stereocenters. The van der Waals surface area contributed by atoms with E-state index in [0.29, 0.717) is 13.1 Å². The second-order valence-corrected chi connectivity index (χ2v) is 7.91. The Morgan fingerprint density at radius 3 is 1.70 bits per heavy atom. The predicted octanol–water partition coefficient (Wildman–Crippen LogP) is 5.10. The van der Waals surface area contributed by atoms with E-state index in [-0.39, 0.29) is 6.04 Å². The minimum absolute atomic E-state index is 0.0456. The van der Waals surface area contributed by atoms with Crippen molar-refractivity contribution in [1.29, 1.82) is 0 Å². The lowest BCUT2D eigenvalue weighted by Crippen LogP contribution is -2.53. The van der Waals surface area contributed by atoms with Crippen LogP contribution in [0, 0.1) is 0 Å². The zero-order chi connectivity index (χ0) is 20.8. The van der Waals surface area contributed by atoms with Gasteiger partial charge in [-0.25, -0.2) is 4.79 Å². The van der Waals surface area contributed by atoms with Crippen LogP contribution in [0.2, 0.25) is 0 Å². The van der Waals surface area contributed by atoms with Crippen LogP contribution in [0.3, 0.4) is 0 Å². The van der Waals surface area contributed by atoms with Crippen molar-refractivity contribution in [3.8, 4) is 0 Å². The highest BCUT2D eigenvalue weighted by Crippen LogP contribution is 2.37. The van der Waals surface area contributed by atoms with Gasteiger partial charge in [-0.05, 0) is 29.5 Å². The van der Waals surface area contributed by atoms with Crippen molar-refractivity contribution in [2.75, 3.05) is 13.1 Å². The molecule has 0 spiro atoms. The first-order chi connectivity index (χ1) is 14.7. The molecule has 1 heterocycles. The van der Waals surface area contributed by atoms with Crippen LogP contribution in [-0.4, -0.2) is 35.2 Å². The molecule has 0 unspecified atom stereocenters. The molecule has 0 bridgehead atoms. The van der Waals surface area contributed by atoms with Crippen molar-refractivity contribution in [1.82, 2.24) is 10.2 Å². The number of rotatable bonds is 5. The number of hydrogen-bond donors (Lipinski definition) is 2. The highest BCUT2D eigenvalue weighted by molar-refractivity contribution is 5.65. The Morgan fingerprint density at radius 2 is 1.27 bits per heavy atom. The monoisotopic (exact) mass is 400 g/mol. The number of nitrogens with zero attached hydrogens (tertiary/aromatic N) is 1. The number of carbonyl (C=O) groups is 1. The molecular formula is C26H28N2O2. The van der Waals surface area contributed by atoms with E-state index in [1.807, 2.05) is 18.2 Å². The van der Waals surface area contributed by atoms with Gasteiger partial charge in [-0.2, -0.15) is 0 Å². The summed E-state index contributed by atoms with van der Waals surface area (Å²) < 4.78 is 0. The van der Waals surface area contributed by atoms with Gasteiger partial charge in [0.05, 0.1) is 5.54 Å². The number of amides is 1. The normalized spacial score (nSPS) is 17.3. The largest absolute Gasteiger partial charge is 0.465 e. The summed E-state index contributed by atoms with van der Waals surface area (Å²) in [6.07, 6.45) is 2.02. The zero-order valence-electron chi connectivity index (χ0n) is 17.1. The first-order valence-corrected chi connectivity index (χ1v) is 10.6. The fourth-order valence-electron chi connectivity index (χ4n) is 4.55. The molecule has 1 saturated heterocycles. The third-order valence-corrected chi connectivity index (χ3v) is 5.98. The van der Waals surface area contributed by atoms with E-state index in [9.17, 15) is 9.90 Å². The average Bonchev–Trinajstić information content (AvgIpc) is 3.05. The first-order valence-electron chi connectivity index (χ1n) is 10.6. The molecule has 4 rings (SSSR count). The summed E-state index contributed by atoms with van der Waals surface area (Å²) in [7, 11) is 0. The molecular weight excluding hydrogens is 372 g/mol. The molecule has 0 aliphatic carbocycles. The smallest absolute Gasteiger partial charge is 0.407 e. The van der Waals surface area contributed by atoms with Crippen molar-refractivity contribution in [2.45, 2.75) is 30.8 Å². The molecule has 1 aliphatic heterocycles. The van der Waals surface area contributed by atoms with Gasteiger partial charge >= 0.3 is 6.09 Å². The molecule has 0 radical (unpaired) electrons. The quantitative estimate of drug-likeness (QED) is 0.586. The lowest BCUT2D eigenvalue weighted by molar-refractivity contribution is 0.141. The molecule has 4 nitrogen and oxygen atoms in total. The molecule has 2 N–H and O–H groups in total. The number of benzene rings is 3. The maximum Gasteiger partial charge on any atom is 0.407 e. The van der Waals surface area contributed by atoms with E-state index >= 15 is 0 Å². The van der Waals surface area contributed by atoms with Crippen LogP contribution in [0.5, 0.6) is 0 Å². The second-order valence-electron chi connectivity index (χ2n) is 7.91. The Morgan fingerprint density at radius 1 is 0.800 bits per heavy atom. The Balaban J connectivity index is 1.85. The Hall–Kier alpha value is -3.11. The van der Waals surface area contributed by atoms with Crippen LogP contribution in [0.1, 0.15) is 36.0 Å². The first kappa shape index (κ1) is 20.2. The minimum atomic E-state index is -0.839. The highest BCUT2D eigenvalue weighted by Gasteiger charge is 2.38. The van der Waals surface area contributed by atoms with Crippen LogP contribution in [0.15, 0.2) is 91.0 Å². The van der Waals surface area contributed by atoms with Gasteiger partial charge in [-0.1, -0.05) is 97.4 Å². The molecule has 30 heavy (non-hydrogen) atoms. The van der Waals surface area contributed by atoms with Gasteiger partial charge in [0.15, 0.2) is 0 Å². The summed E-state index contributed by atoms with van der Waals surface area (Å²) >= 11 is 0. The molecule has 1 amide bonds. The minimum Gasteiger partial charge on any atom is -0.465 e. The van der Waals surface area contributed by atoms with Crippen LogP contribution < -0.4 is 5.32 Å². The SMILES string of the molecule is O=C(O)N1CCCC[C@H](NC(c2ccccc2)(c2ccccc2)c2ccccc2)C1. The highest BCUT2D eigenvalue weighted by atomic mass is 16.4. The van der Waals surface area contributed by atoms with E-state index in [2.05, 4.69) is 78.1 Å². The maximum atomic E-state index is 11.7. The summed E-state index contributed by atoms with van der Waals surface area (Å²) in [6, 6.07) is 31.4.